The third-order valence-electron chi connectivity index (χ3n) is 3.60. The van der Waals surface area contributed by atoms with E-state index in [0.29, 0.717) is 24.2 Å². The number of nitrogens with zero attached hydrogens (tertiary/aromatic N) is 2. The number of hydrogen-bond acceptors (Lipinski definition) is 3. The Bertz CT molecular complexity index is 842. The summed E-state index contributed by atoms with van der Waals surface area (Å²) < 4.78 is 68.2. The van der Waals surface area contributed by atoms with Gasteiger partial charge in [0.05, 0.1) is 22.6 Å². The molecule has 0 amide bonds. The first-order valence-electron chi connectivity index (χ1n) is 7.35. The number of rotatable bonds is 5. The summed E-state index contributed by atoms with van der Waals surface area (Å²) >= 11 is 0. The van der Waals surface area contributed by atoms with Gasteiger partial charge >= 0.3 is 6.18 Å². The molecular weight excluding hydrogens is 343 g/mol. The van der Waals surface area contributed by atoms with Crippen LogP contribution in [0.4, 0.5) is 18.9 Å². The van der Waals surface area contributed by atoms with Crippen molar-refractivity contribution < 1.29 is 21.6 Å². The number of alkyl halides is 3. The van der Waals surface area contributed by atoms with Crippen LogP contribution in [0.5, 0.6) is 0 Å². The van der Waals surface area contributed by atoms with Crippen LogP contribution in [0, 0.1) is 0 Å². The Morgan fingerprint density at radius 2 is 1.79 bits per heavy atom. The van der Waals surface area contributed by atoms with E-state index < -0.39 is 27.5 Å². The molecule has 2 rings (SSSR count). The van der Waals surface area contributed by atoms with Gasteiger partial charge in [-0.3, -0.25) is 9.40 Å². The molecule has 0 unspecified atom stereocenters. The van der Waals surface area contributed by atoms with Crippen molar-refractivity contribution in [2.24, 2.45) is 7.05 Å². The molecule has 0 spiro atoms. The first-order valence-corrected chi connectivity index (χ1v) is 8.83. The van der Waals surface area contributed by atoms with Crippen LogP contribution >= 0.6 is 0 Å². The van der Waals surface area contributed by atoms with Crippen molar-refractivity contribution in [3.8, 4) is 0 Å². The van der Waals surface area contributed by atoms with E-state index in [1.54, 1.807) is 20.9 Å². The second kappa shape index (κ2) is 6.46. The van der Waals surface area contributed by atoms with E-state index in [4.69, 9.17) is 0 Å². The summed E-state index contributed by atoms with van der Waals surface area (Å²) in [5, 5.41) is 4.15. The molecule has 1 aromatic carbocycles. The lowest BCUT2D eigenvalue weighted by molar-refractivity contribution is -0.136. The Morgan fingerprint density at radius 3 is 2.33 bits per heavy atom. The maximum atomic E-state index is 13.1. The minimum atomic E-state index is -4.66. The number of anilines is 1. The van der Waals surface area contributed by atoms with E-state index in [9.17, 15) is 21.6 Å². The number of sulfonamides is 1. The van der Waals surface area contributed by atoms with Gasteiger partial charge in [0.2, 0.25) is 0 Å². The van der Waals surface area contributed by atoms with Gasteiger partial charge in [-0.25, -0.2) is 8.42 Å². The summed E-state index contributed by atoms with van der Waals surface area (Å²) in [5.41, 5.74) is -0.762. The van der Waals surface area contributed by atoms with Gasteiger partial charge in [-0.1, -0.05) is 26.0 Å². The van der Waals surface area contributed by atoms with Gasteiger partial charge in [0.15, 0.2) is 0 Å². The number of benzene rings is 1. The quantitative estimate of drug-likeness (QED) is 0.888. The van der Waals surface area contributed by atoms with Crippen LogP contribution < -0.4 is 4.72 Å². The zero-order chi connectivity index (χ0) is 18.1. The minimum Gasteiger partial charge on any atom is -0.279 e. The van der Waals surface area contributed by atoms with Crippen LogP contribution in [-0.4, -0.2) is 18.2 Å². The first-order chi connectivity index (χ1) is 11.1. The van der Waals surface area contributed by atoms with Crippen LogP contribution in [0.1, 0.15) is 30.8 Å². The molecule has 0 saturated carbocycles. The molecule has 24 heavy (non-hydrogen) atoms. The average Bonchev–Trinajstić information content (AvgIpc) is 2.83. The third kappa shape index (κ3) is 3.40. The highest BCUT2D eigenvalue weighted by Crippen LogP contribution is 2.36. The van der Waals surface area contributed by atoms with E-state index in [-0.39, 0.29) is 4.90 Å². The normalized spacial score (nSPS) is 12.4. The molecule has 1 heterocycles. The molecule has 9 heteroatoms. The number of aromatic nitrogens is 2. The molecule has 0 saturated heterocycles. The van der Waals surface area contributed by atoms with Crippen molar-refractivity contribution in [3.05, 3.63) is 41.2 Å². The molecule has 0 radical (unpaired) electrons. The molecular formula is C15H18F3N3O2S. The maximum absolute atomic E-state index is 13.1. The van der Waals surface area contributed by atoms with Crippen LogP contribution in [0.15, 0.2) is 29.2 Å². The van der Waals surface area contributed by atoms with Crippen molar-refractivity contribution in [1.82, 2.24) is 9.78 Å². The predicted octanol–water partition coefficient (Wildman–Crippen LogP) is 3.36. The molecule has 1 aromatic heterocycles. The molecule has 0 aliphatic heterocycles. The van der Waals surface area contributed by atoms with E-state index >= 15 is 0 Å². The second-order valence-electron chi connectivity index (χ2n) is 5.20. The number of aryl methyl sites for hydroxylation is 2. The monoisotopic (exact) mass is 361 g/mol. The lowest BCUT2D eigenvalue weighted by Crippen LogP contribution is -2.19. The van der Waals surface area contributed by atoms with Crippen molar-refractivity contribution in [1.29, 1.82) is 0 Å². The Morgan fingerprint density at radius 1 is 1.17 bits per heavy atom. The van der Waals surface area contributed by atoms with E-state index in [0.717, 1.165) is 12.1 Å². The number of hydrogen-bond donors (Lipinski definition) is 1. The lowest BCUT2D eigenvalue weighted by atomic mass is 10.2. The Kier molecular flexibility index (Phi) is 4.93. The van der Waals surface area contributed by atoms with Crippen molar-refractivity contribution >= 4 is 15.7 Å². The fourth-order valence-corrected chi connectivity index (χ4v) is 4.20. The summed E-state index contributed by atoms with van der Waals surface area (Å²) in [6.07, 6.45) is -3.92. The zero-order valence-corrected chi connectivity index (χ0v) is 14.3. The predicted molar refractivity (Wildman–Crippen MR) is 84.2 cm³/mol. The first kappa shape index (κ1) is 18.3. The van der Waals surface area contributed by atoms with Crippen LogP contribution in [-0.2, 0) is 36.1 Å². The summed E-state index contributed by atoms with van der Waals surface area (Å²) in [6, 6.07) is 4.48. The van der Waals surface area contributed by atoms with Gasteiger partial charge in [-0.15, -0.1) is 0 Å². The van der Waals surface area contributed by atoms with Gasteiger partial charge in [0.1, 0.15) is 4.90 Å². The summed E-state index contributed by atoms with van der Waals surface area (Å²) in [6.45, 7) is 3.50. The van der Waals surface area contributed by atoms with Gasteiger partial charge < -0.3 is 0 Å². The summed E-state index contributed by atoms with van der Waals surface area (Å²) in [5.74, 6) is 0. The standard InChI is InChI=1S/C15H18F3N3O2S/c1-4-11-14(13(5-2)21(3)19-11)24(22,23)20-12-9-7-6-8-10(12)15(16,17)18/h6-9,20H,4-5H2,1-3H3. The van der Waals surface area contributed by atoms with E-state index in [1.807, 2.05) is 0 Å². The van der Waals surface area contributed by atoms with Crippen LogP contribution in [0.25, 0.3) is 0 Å². The van der Waals surface area contributed by atoms with Crippen molar-refractivity contribution in [3.63, 3.8) is 0 Å². The Balaban J connectivity index is 2.56. The Hall–Kier alpha value is -2.03. The van der Waals surface area contributed by atoms with E-state index in [2.05, 4.69) is 9.82 Å². The summed E-state index contributed by atoms with van der Waals surface area (Å²) in [4.78, 5) is -0.0491. The van der Waals surface area contributed by atoms with Crippen LogP contribution in [0.3, 0.4) is 0 Å². The molecule has 2 aromatic rings. The highest BCUT2D eigenvalue weighted by atomic mass is 32.2. The molecule has 5 nitrogen and oxygen atoms in total. The van der Waals surface area contributed by atoms with Gasteiger partial charge in [-0.05, 0) is 25.0 Å². The molecule has 132 valence electrons. The minimum absolute atomic E-state index is 0.0491. The third-order valence-corrected chi connectivity index (χ3v) is 5.10. The SMILES string of the molecule is CCc1nn(C)c(CC)c1S(=O)(=O)Nc1ccccc1C(F)(F)F. The molecule has 0 atom stereocenters. The van der Waals surface area contributed by atoms with E-state index in [1.165, 1.54) is 16.8 Å². The van der Waals surface area contributed by atoms with Gasteiger partial charge in [0, 0.05) is 7.05 Å². The maximum Gasteiger partial charge on any atom is 0.418 e. The highest BCUT2D eigenvalue weighted by molar-refractivity contribution is 7.92. The molecule has 0 bridgehead atoms. The fourth-order valence-electron chi connectivity index (χ4n) is 2.55. The summed E-state index contributed by atoms with van der Waals surface area (Å²) in [7, 11) is -2.58. The average molecular weight is 361 g/mol. The van der Waals surface area contributed by atoms with Gasteiger partial charge in [-0.2, -0.15) is 18.3 Å². The number of para-hydroxylation sites is 1. The van der Waals surface area contributed by atoms with Crippen LogP contribution in [0.2, 0.25) is 0 Å². The molecule has 1 N–H and O–H groups in total. The van der Waals surface area contributed by atoms with Crippen molar-refractivity contribution in [2.75, 3.05) is 4.72 Å². The topological polar surface area (TPSA) is 64.0 Å². The molecule has 0 aliphatic rings. The van der Waals surface area contributed by atoms with Gasteiger partial charge in [0.25, 0.3) is 10.0 Å². The lowest BCUT2D eigenvalue weighted by Gasteiger charge is -2.15. The zero-order valence-electron chi connectivity index (χ0n) is 13.5. The highest BCUT2D eigenvalue weighted by Gasteiger charge is 2.35. The largest absolute Gasteiger partial charge is 0.418 e. The smallest absolute Gasteiger partial charge is 0.279 e. The molecule has 0 fully saturated rings. The fraction of sp³-hybridized carbons (Fsp3) is 0.400. The number of halogens is 3. The number of nitrogens with one attached hydrogen (secondary N) is 1. The second-order valence-corrected chi connectivity index (χ2v) is 6.82. The Labute approximate surface area is 138 Å². The molecule has 0 aliphatic carbocycles. The van der Waals surface area contributed by atoms with Crippen molar-refractivity contribution in [2.45, 2.75) is 37.8 Å².